The van der Waals surface area contributed by atoms with E-state index in [-0.39, 0.29) is 36.3 Å². The molecule has 0 radical (unpaired) electrons. The van der Waals surface area contributed by atoms with E-state index < -0.39 is 28.0 Å². The second-order valence-corrected chi connectivity index (χ2v) is 8.54. The van der Waals surface area contributed by atoms with Crippen molar-refractivity contribution in [3.63, 3.8) is 0 Å². The number of nitrogens with zero attached hydrogens (tertiary/aromatic N) is 3. The molecule has 1 saturated heterocycles. The van der Waals surface area contributed by atoms with E-state index in [1.54, 1.807) is 0 Å². The summed E-state index contributed by atoms with van der Waals surface area (Å²) >= 11 is 0. The van der Waals surface area contributed by atoms with E-state index in [2.05, 4.69) is 15.4 Å². The van der Waals surface area contributed by atoms with E-state index in [0.29, 0.717) is 24.1 Å². The van der Waals surface area contributed by atoms with Crippen LogP contribution in [0.25, 0.3) is 11.1 Å². The molecule has 0 bridgehead atoms. The van der Waals surface area contributed by atoms with Crippen LogP contribution in [0.5, 0.6) is 5.88 Å². The van der Waals surface area contributed by atoms with Crippen molar-refractivity contribution in [1.29, 1.82) is 0 Å². The normalized spacial score (nSPS) is 19.6. The van der Waals surface area contributed by atoms with Crippen LogP contribution < -0.4 is 15.8 Å². The van der Waals surface area contributed by atoms with Gasteiger partial charge in [0, 0.05) is 36.3 Å². The predicted molar refractivity (Wildman–Crippen MR) is 103 cm³/mol. The lowest BCUT2D eigenvalue weighted by atomic mass is 10.1. The van der Waals surface area contributed by atoms with Gasteiger partial charge in [0.1, 0.15) is 23.7 Å². The average Bonchev–Trinajstić information content (AvgIpc) is 3.03. The Morgan fingerprint density at radius 1 is 1.43 bits per heavy atom. The molecule has 0 saturated carbocycles. The van der Waals surface area contributed by atoms with E-state index in [4.69, 9.17) is 10.5 Å². The molecule has 1 amide bonds. The summed E-state index contributed by atoms with van der Waals surface area (Å²) in [7, 11) is -3.25. The number of pyridine rings is 1. The van der Waals surface area contributed by atoms with Crippen LogP contribution in [0.15, 0.2) is 24.7 Å². The molecule has 12 heteroatoms. The third-order valence-electron chi connectivity index (χ3n) is 4.06. The number of amides is 1. The molecule has 2 aromatic heterocycles. The van der Waals surface area contributed by atoms with Gasteiger partial charge in [0.05, 0.1) is 6.20 Å². The highest BCUT2D eigenvalue weighted by Gasteiger charge is 2.28. The van der Waals surface area contributed by atoms with Gasteiger partial charge in [-0.25, -0.2) is 17.8 Å². The van der Waals surface area contributed by atoms with Crippen LogP contribution in [-0.2, 0) is 15.7 Å². The van der Waals surface area contributed by atoms with Gasteiger partial charge in [0.25, 0.3) is 5.91 Å². The first-order chi connectivity index (χ1) is 12.7. The maximum Gasteiger partial charge on any atom is 0.254 e. The van der Waals surface area contributed by atoms with Gasteiger partial charge in [0.2, 0.25) is 5.88 Å². The minimum absolute atomic E-state index is 0. The molecule has 2 atom stereocenters. The first-order valence-corrected chi connectivity index (χ1v) is 10.3. The molecule has 1 fully saturated rings. The zero-order chi connectivity index (χ0) is 19.6. The van der Waals surface area contributed by atoms with Gasteiger partial charge >= 0.3 is 0 Å². The van der Waals surface area contributed by atoms with Crippen LogP contribution in [-0.4, -0.2) is 60.7 Å². The molecule has 3 rings (SSSR count). The highest BCUT2D eigenvalue weighted by Crippen LogP contribution is 2.26. The average molecular weight is 434 g/mol. The topological polar surface area (TPSA) is 129 Å². The number of carbonyl (C=O) groups excluding carboxylic acids is 1. The molecule has 1 aliphatic heterocycles. The Kier molecular flexibility index (Phi) is 6.96. The monoisotopic (exact) mass is 433 g/mol. The van der Waals surface area contributed by atoms with Crippen molar-refractivity contribution in [1.82, 2.24) is 20.1 Å². The van der Waals surface area contributed by atoms with Gasteiger partial charge in [-0.2, -0.15) is 5.10 Å². The van der Waals surface area contributed by atoms with E-state index >= 15 is 0 Å². The van der Waals surface area contributed by atoms with Crippen molar-refractivity contribution in [2.45, 2.75) is 24.6 Å². The van der Waals surface area contributed by atoms with Crippen molar-refractivity contribution in [2.24, 2.45) is 5.73 Å². The maximum atomic E-state index is 14.0. The Hall–Kier alpha value is -2.24. The smallest absolute Gasteiger partial charge is 0.254 e. The highest BCUT2D eigenvalue weighted by atomic mass is 35.5. The number of rotatable bonds is 6. The lowest BCUT2D eigenvalue weighted by molar-refractivity contribution is 0.0676. The lowest BCUT2D eigenvalue weighted by Gasteiger charge is -2.27. The third-order valence-corrected chi connectivity index (χ3v) is 4.79. The molecular weight excluding hydrogens is 413 g/mol. The fraction of sp³-hybridized carbons (Fsp3) is 0.438. The Balaban J connectivity index is 0.00000280. The number of nitrogens with two attached hydrogens (primary N) is 1. The van der Waals surface area contributed by atoms with Crippen LogP contribution in [0.4, 0.5) is 4.39 Å². The van der Waals surface area contributed by atoms with Gasteiger partial charge < -0.3 is 15.8 Å². The first kappa shape index (κ1) is 22.1. The fourth-order valence-corrected chi connectivity index (χ4v) is 3.40. The molecule has 3 N–H and O–H groups in total. The van der Waals surface area contributed by atoms with Gasteiger partial charge in [-0.1, -0.05) is 0 Å². The van der Waals surface area contributed by atoms with E-state index in [9.17, 15) is 17.6 Å². The number of piperidine rings is 1. The number of hydrogen-bond acceptors (Lipinski definition) is 7. The number of sulfone groups is 1. The van der Waals surface area contributed by atoms with E-state index in [1.807, 2.05) is 0 Å². The first-order valence-electron chi connectivity index (χ1n) is 8.25. The summed E-state index contributed by atoms with van der Waals surface area (Å²) in [5.41, 5.74) is 6.52. The number of ether oxygens (including phenoxy) is 1. The van der Waals surface area contributed by atoms with E-state index in [1.165, 1.54) is 29.3 Å². The predicted octanol–water partition coefficient (Wildman–Crippen LogP) is 0.547. The fourth-order valence-electron chi connectivity index (χ4n) is 2.78. The van der Waals surface area contributed by atoms with Crippen LogP contribution in [0.3, 0.4) is 0 Å². The van der Waals surface area contributed by atoms with Crippen molar-refractivity contribution in [2.75, 3.05) is 19.3 Å². The largest absolute Gasteiger partial charge is 0.471 e. The van der Waals surface area contributed by atoms with Crippen molar-refractivity contribution < 1.29 is 22.3 Å². The zero-order valence-electron chi connectivity index (χ0n) is 15.0. The van der Waals surface area contributed by atoms with Gasteiger partial charge in [-0.05, 0) is 19.0 Å². The molecule has 0 unspecified atom stereocenters. The molecule has 1 aliphatic rings. The maximum absolute atomic E-state index is 14.0. The summed E-state index contributed by atoms with van der Waals surface area (Å²) in [5, 5.41) is 6.90. The van der Waals surface area contributed by atoms with E-state index in [0.717, 1.165) is 6.26 Å². The summed E-state index contributed by atoms with van der Waals surface area (Å²) < 4.78 is 43.5. The number of aromatic nitrogens is 3. The molecular formula is C16H21ClFN5O4S. The Morgan fingerprint density at radius 3 is 2.82 bits per heavy atom. The minimum Gasteiger partial charge on any atom is -0.471 e. The Morgan fingerprint density at radius 2 is 2.18 bits per heavy atom. The number of hydrogen-bond donors (Lipinski definition) is 2. The number of primary amides is 1. The molecule has 2 aromatic rings. The van der Waals surface area contributed by atoms with Crippen molar-refractivity contribution in [3.8, 4) is 17.0 Å². The van der Waals surface area contributed by atoms with Gasteiger partial charge in [-0.15, -0.1) is 12.4 Å². The molecule has 0 aromatic carbocycles. The van der Waals surface area contributed by atoms with Crippen molar-refractivity contribution in [3.05, 3.63) is 30.2 Å². The number of carbonyl (C=O) groups is 1. The Bertz CT molecular complexity index is 952. The summed E-state index contributed by atoms with van der Waals surface area (Å²) in [6, 6.07) is 1.47. The second kappa shape index (κ2) is 8.84. The number of alkyl halides is 1. The zero-order valence-corrected chi connectivity index (χ0v) is 16.7. The van der Waals surface area contributed by atoms with Crippen LogP contribution in [0.1, 0.15) is 16.8 Å². The quantitative estimate of drug-likeness (QED) is 0.680. The molecule has 9 nitrogen and oxygen atoms in total. The number of halogens is 2. The Labute approximate surface area is 167 Å². The third kappa shape index (κ3) is 5.40. The molecule has 0 spiro atoms. The molecule has 0 aliphatic carbocycles. The summed E-state index contributed by atoms with van der Waals surface area (Å²) in [5.74, 6) is -1.05. The number of nitrogens with one attached hydrogen (secondary N) is 1. The SMILES string of the molecule is CS(=O)(=O)Cn1cc(-c2cnc(O[C@H]3CCNC[C@@H]3F)c(C(N)=O)c2)cn1.Cl. The lowest BCUT2D eigenvalue weighted by Crippen LogP contribution is -2.44. The summed E-state index contributed by atoms with van der Waals surface area (Å²) in [4.78, 5) is 15.9. The van der Waals surface area contributed by atoms with Gasteiger partial charge in [0.15, 0.2) is 9.84 Å². The summed E-state index contributed by atoms with van der Waals surface area (Å²) in [6.45, 7) is 0.781. The molecule has 3 heterocycles. The standard InChI is InChI=1S/C16H20FN5O4S.ClH/c1-27(24,25)9-22-8-11(6-21-22)10-4-12(15(18)23)16(20-5-10)26-14-2-3-19-7-13(14)17;/h4-6,8,13-14,19H,2-3,7,9H2,1H3,(H2,18,23);1H/t13-,14-;/m0./s1. The summed E-state index contributed by atoms with van der Waals surface area (Å²) in [6.07, 6.45) is 4.05. The molecule has 154 valence electrons. The van der Waals surface area contributed by atoms with Crippen LogP contribution >= 0.6 is 12.4 Å². The highest BCUT2D eigenvalue weighted by molar-refractivity contribution is 7.89. The van der Waals surface area contributed by atoms with Crippen molar-refractivity contribution >= 4 is 28.2 Å². The van der Waals surface area contributed by atoms with Crippen LogP contribution in [0, 0.1) is 0 Å². The minimum atomic E-state index is -3.25. The molecule has 28 heavy (non-hydrogen) atoms. The van der Waals surface area contributed by atoms with Gasteiger partial charge in [-0.3, -0.25) is 9.48 Å². The second-order valence-electron chi connectivity index (χ2n) is 6.43. The van der Waals surface area contributed by atoms with Crippen LogP contribution in [0.2, 0.25) is 0 Å².